The molecule has 7 heteroatoms. The van der Waals surface area contributed by atoms with Gasteiger partial charge in [-0.2, -0.15) is 0 Å². The first kappa shape index (κ1) is 20.8. The number of hydrogen-bond donors (Lipinski definition) is 0. The number of nitrogens with zero attached hydrogens (tertiary/aromatic N) is 5. The molecule has 0 atom stereocenters. The normalized spacial score (nSPS) is 19.4. The van der Waals surface area contributed by atoms with E-state index in [0.717, 1.165) is 67.9 Å². The third-order valence-electron chi connectivity index (χ3n) is 6.04. The van der Waals surface area contributed by atoms with Crippen molar-refractivity contribution in [2.75, 3.05) is 0 Å². The average Bonchev–Trinajstić information content (AvgIpc) is 3.59. The number of nitro groups is 1. The Hall–Kier alpha value is -4.78. The quantitative estimate of drug-likeness (QED) is 0.425. The van der Waals surface area contributed by atoms with E-state index in [2.05, 4.69) is 9.98 Å². The summed E-state index contributed by atoms with van der Waals surface area (Å²) in [5.41, 5.74) is 9.94. The summed E-state index contributed by atoms with van der Waals surface area (Å²) in [5.74, 6) is 0. The predicted molar refractivity (Wildman–Crippen MR) is 140 cm³/mol. The molecule has 0 amide bonds. The van der Waals surface area contributed by atoms with Crippen molar-refractivity contribution in [3.05, 3.63) is 129 Å². The summed E-state index contributed by atoms with van der Waals surface area (Å²) in [6.07, 6.45) is 21.5. The summed E-state index contributed by atoms with van der Waals surface area (Å²) < 4.78 is 0. The molecule has 35 heavy (non-hydrogen) atoms. The number of rotatable bonds is 2. The zero-order chi connectivity index (χ0) is 24.1. The molecule has 0 unspecified atom stereocenters. The number of nitro benzene ring substituents is 1. The molecule has 7 nitrogen and oxygen atoms in total. The van der Waals surface area contributed by atoms with E-state index < -0.39 is 0 Å². The zero-order valence-corrected chi connectivity index (χ0v) is 19.1. The van der Waals surface area contributed by atoms with Crippen LogP contribution in [0.4, 0.5) is 5.69 Å². The first-order valence-corrected chi connectivity index (χ1v) is 11.2. The maximum Gasteiger partial charge on any atom is 0.269 e. The largest absolute Gasteiger partial charge is 0.269 e. The predicted octanol–water partition coefficient (Wildman–Crippen LogP) is 5.63. The number of fused-ring (bicyclic) bond motifs is 4. The van der Waals surface area contributed by atoms with Crippen LogP contribution in [0.3, 0.4) is 0 Å². The molecule has 1 aromatic carbocycles. The molecule has 0 N–H and O–H groups in total. The van der Waals surface area contributed by atoms with Gasteiger partial charge < -0.3 is 0 Å². The van der Waals surface area contributed by atoms with Crippen LogP contribution in [0, 0.1) is 24.0 Å². The Morgan fingerprint density at radius 1 is 0.629 bits per heavy atom. The van der Waals surface area contributed by atoms with Gasteiger partial charge in [0, 0.05) is 17.7 Å². The van der Waals surface area contributed by atoms with Gasteiger partial charge >= 0.3 is 0 Å². The van der Waals surface area contributed by atoms with Gasteiger partial charge in [-0.1, -0.05) is 0 Å². The van der Waals surface area contributed by atoms with Gasteiger partial charge in [0.05, 0.1) is 50.6 Å². The van der Waals surface area contributed by atoms with Gasteiger partial charge in [-0.25, -0.2) is 20.0 Å². The zero-order valence-electron chi connectivity index (χ0n) is 19.1. The van der Waals surface area contributed by atoms with E-state index in [4.69, 9.17) is 9.98 Å². The van der Waals surface area contributed by atoms with Crippen molar-refractivity contribution < 1.29 is 4.92 Å². The molecule has 0 saturated heterocycles. The van der Waals surface area contributed by atoms with Crippen molar-refractivity contribution in [1.82, 2.24) is 0 Å². The Morgan fingerprint density at radius 2 is 1.11 bits per heavy atom. The third-order valence-corrected chi connectivity index (χ3v) is 6.04. The van der Waals surface area contributed by atoms with Gasteiger partial charge in [-0.05, 0) is 97.4 Å². The molecule has 5 aliphatic heterocycles. The second kappa shape index (κ2) is 7.92. The first-order chi connectivity index (χ1) is 16.9. The third kappa shape index (κ3) is 3.93. The Morgan fingerprint density at radius 3 is 1.63 bits per heavy atom. The highest BCUT2D eigenvalue weighted by Crippen LogP contribution is 2.36. The van der Waals surface area contributed by atoms with Crippen LogP contribution in [0.15, 0.2) is 122 Å². The molecule has 0 fully saturated rings. The van der Waals surface area contributed by atoms with Crippen molar-refractivity contribution in [2.45, 2.75) is 13.8 Å². The number of aryl methyl sites for hydroxylation is 2. The van der Waals surface area contributed by atoms with Crippen LogP contribution in [-0.4, -0.2) is 27.8 Å². The SMILES string of the molecule is Cc1cc([N+](=O)[O-])cc(C)c1C1=CC2=NC1=CC1=NC(=CC3=NC(=CC4=NC(=C2)C=C4)C=C3)C=C1. The van der Waals surface area contributed by atoms with Crippen LogP contribution in [0.2, 0.25) is 0 Å². The summed E-state index contributed by atoms with van der Waals surface area (Å²) in [7, 11) is 0. The molecule has 0 aromatic heterocycles. The summed E-state index contributed by atoms with van der Waals surface area (Å²) in [5, 5.41) is 11.4. The molecule has 0 radical (unpaired) electrons. The highest BCUT2D eigenvalue weighted by molar-refractivity contribution is 6.19. The minimum atomic E-state index is -0.363. The Balaban J connectivity index is 1.52. The van der Waals surface area contributed by atoms with Gasteiger partial charge in [-0.3, -0.25) is 10.1 Å². The van der Waals surface area contributed by atoms with Gasteiger partial charge in [0.15, 0.2) is 0 Å². The van der Waals surface area contributed by atoms with Gasteiger partial charge in [0.2, 0.25) is 0 Å². The molecule has 168 valence electrons. The summed E-state index contributed by atoms with van der Waals surface area (Å²) in [6.45, 7) is 3.78. The molecule has 1 aromatic rings. The molecular formula is C28H19N5O2. The second-order valence-electron chi connectivity index (χ2n) is 8.65. The maximum absolute atomic E-state index is 11.4. The average molecular weight is 457 g/mol. The lowest BCUT2D eigenvalue weighted by atomic mass is 9.92. The number of hydrogen-bond acceptors (Lipinski definition) is 6. The lowest BCUT2D eigenvalue weighted by Gasteiger charge is -2.12. The molecule has 0 spiro atoms. The van der Waals surface area contributed by atoms with Crippen molar-refractivity contribution >= 4 is 34.1 Å². The van der Waals surface area contributed by atoms with Crippen molar-refractivity contribution in [3.8, 4) is 0 Å². The van der Waals surface area contributed by atoms with Crippen LogP contribution in [0.1, 0.15) is 16.7 Å². The van der Waals surface area contributed by atoms with Crippen LogP contribution < -0.4 is 0 Å². The van der Waals surface area contributed by atoms with Crippen LogP contribution in [-0.2, 0) is 0 Å². The number of non-ortho nitro benzene ring substituents is 1. The molecule has 8 bridgehead atoms. The summed E-state index contributed by atoms with van der Waals surface area (Å²) in [6, 6.07) is 3.21. The van der Waals surface area contributed by atoms with Crippen molar-refractivity contribution in [1.29, 1.82) is 0 Å². The lowest BCUT2D eigenvalue weighted by Crippen LogP contribution is -1.98. The topological polar surface area (TPSA) is 92.6 Å². The summed E-state index contributed by atoms with van der Waals surface area (Å²) in [4.78, 5) is 29.9. The molecule has 5 aliphatic rings. The van der Waals surface area contributed by atoms with Crippen LogP contribution in [0.5, 0.6) is 0 Å². The first-order valence-electron chi connectivity index (χ1n) is 11.2. The smallest absolute Gasteiger partial charge is 0.258 e. The van der Waals surface area contributed by atoms with Crippen LogP contribution in [0.25, 0.3) is 5.57 Å². The fourth-order valence-corrected chi connectivity index (χ4v) is 4.57. The molecule has 0 saturated carbocycles. The molecular weight excluding hydrogens is 438 g/mol. The highest BCUT2D eigenvalue weighted by atomic mass is 16.6. The fourth-order valence-electron chi connectivity index (χ4n) is 4.57. The molecule has 6 rings (SSSR count). The second-order valence-corrected chi connectivity index (χ2v) is 8.65. The van der Waals surface area contributed by atoms with Gasteiger partial charge in [0.1, 0.15) is 0 Å². The van der Waals surface area contributed by atoms with Gasteiger partial charge in [0.25, 0.3) is 5.69 Å². The number of allylic oxidation sites excluding steroid dienone is 12. The van der Waals surface area contributed by atoms with E-state index in [1.807, 2.05) is 80.7 Å². The van der Waals surface area contributed by atoms with E-state index in [-0.39, 0.29) is 10.6 Å². The fraction of sp³-hybridized carbons (Fsp3) is 0.0714. The standard InChI is InChI=1S/C28H19N5O2/c1-16-9-25(33(34)35)10-17(2)28(16)26-14-24-13-22-6-5-20(30-22)11-18-3-4-19(29-18)12-21-7-8-23(31-21)15-27(26)32-24/h3-15H,1-2H3. The Kier molecular flexibility index (Phi) is 4.70. The lowest BCUT2D eigenvalue weighted by molar-refractivity contribution is -0.385. The minimum absolute atomic E-state index is 0.0814. The Labute approximate surface area is 201 Å². The monoisotopic (exact) mass is 457 g/mol. The van der Waals surface area contributed by atoms with Crippen molar-refractivity contribution in [3.63, 3.8) is 0 Å². The van der Waals surface area contributed by atoms with E-state index in [0.29, 0.717) is 0 Å². The Bertz CT molecular complexity index is 1590. The molecule has 5 heterocycles. The van der Waals surface area contributed by atoms with E-state index in [9.17, 15) is 10.1 Å². The maximum atomic E-state index is 11.4. The summed E-state index contributed by atoms with van der Waals surface area (Å²) >= 11 is 0. The highest BCUT2D eigenvalue weighted by Gasteiger charge is 2.22. The minimum Gasteiger partial charge on any atom is -0.258 e. The van der Waals surface area contributed by atoms with E-state index in [1.165, 1.54) is 0 Å². The van der Waals surface area contributed by atoms with Gasteiger partial charge in [-0.15, -0.1) is 0 Å². The van der Waals surface area contributed by atoms with E-state index >= 15 is 0 Å². The van der Waals surface area contributed by atoms with E-state index in [1.54, 1.807) is 12.1 Å². The number of aliphatic imine (C=N–C) groups is 4. The van der Waals surface area contributed by atoms with Crippen LogP contribution >= 0.6 is 0 Å². The number of benzene rings is 1. The van der Waals surface area contributed by atoms with Crippen molar-refractivity contribution in [2.24, 2.45) is 20.0 Å². The molecule has 0 aliphatic carbocycles.